The molecule has 0 aromatic carbocycles. The van der Waals surface area contributed by atoms with Crippen LogP contribution in [0.4, 0.5) is 0 Å². The van der Waals surface area contributed by atoms with Crippen molar-refractivity contribution in [3.8, 4) is 0 Å². The highest BCUT2D eigenvalue weighted by Crippen LogP contribution is 2.59. The molecule has 8 nitrogen and oxygen atoms in total. The fourth-order valence-corrected chi connectivity index (χ4v) is 5.65. The largest absolute Gasteiger partial charge is 0.394 e. The molecule has 1 saturated carbocycles. The molecule has 2 bridgehead atoms. The van der Waals surface area contributed by atoms with Crippen molar-refractivity contribution in [3.63, 3.8) is 0 Å². The van der Waals surface area contributed by atoms with Gasteiger partial charge in [-0.3, -0.25) is 0 Å². The SMILES string of the molecule is CC(C)(O[C@@H]1O[C@H](CO)[C@@H](O)[C@H](O)[C@H]1O)[C@H]1C=C2[C@@]3(CC1)CO[C@]2(C)CC[C@@H]3O. The predicted molar refractivity (Wildman–Crippen MR) is 102 cm³/mol. The first-order chi connectivity index (χ1) is 13.5. The van der Waals surface area contributed by atoms with E-state index in [9.17, 15) is 25.5 Å². The van der Waals surface area contributed by atoms with Crippen molar-refractivity contribution in [1.82, 2.24) is 0 Å². The van der Waals surface area contributed by atoms with Crippen molar-refractivity contribution in [2.45, 2.75) is 94.5 Å². The highest BCUT2D eigenvalue weighted by atomic mass is 16.7. The normalized spacial score (nSPS) is 50.2. The molecule has 0 aromatic rings. The molecule has 29 heavy (non-hydrogen) atoms. The Labute approximate surface area is 171 Å². The van der Waals surface area contributed by atoms with E-state index in [-0.39, 0.29) is 16.9 Å². The van der Waals surface area contributed by atoms with Gasteiger partial charge in [-0.1, -0.05) is 6.08 Å². The molecule has 0 aromatic heterocycles. The van der Waals surface area contributed by atoms with Crippen molar-refractivity contribution >= 4 is 0 Å². The summed E-state index contributed by atoms with van der Waals surface area (Å²) in [5.74, 6) is -0.00989. The van der Waals surface area contributed by atoms with Crippen molar-refractivity contribution in [3.05, 3.63) is 11.6 Å². The van der Waals surface area contributed by atoms with Gasteiger partial charge in [-0.05, 0) is 52.0 Å². The first kappa shape index (κ1) is 21.6. The van der Waals surface area contributed by atoms with Gasteiger partial charge >= 0.3 is 0 Å². The van der Waals surface area contributed by atoms with Gasteiger partial charge in [0.2, 0.25) is 0 Å². The van der Waals surface area contributed by atoms with Crippen molar-refractivity contribution in [2.75, 3.05) is 13.2 Å². The van der Waals surface area contributed by atoms with E-state index in [4.69, 9.17) is 14.2 Å². The van der Waals surface area contributed by atoms with E-state index < -0.39 is 49.0 Å². The van der Waals surface area contributed by atoms with Crippen LogP contribution in [0, 0.1) is 11.3 Å². The number of aliphatic hydroxyl groups excluding tert-OH is 5. The molecule has 2 aliphatic heterocycles. The second-order valence-corrected chi connectivity index (χ2v) is 9.87. The molecule has 4 rings (SSSR count). The Balaban J connectivity index is 1.56. The van der Waals surface area contributed by atoms with E-state index in [0.29, 0.717) is 6.61 Å². The van der Waals surface area contributed by atoms with Gasteiger partial charge in [-0.25, -0.2) is 0 Å². The van der Waals surface area contributed by atoms with Crippen LogP contribution in [0.15, 0.2) is 11.6 Å². The van der Waals surface area contributed by atoms with E-state index in [1.54, 1.807) is 0 Å². The summed E-state index contributed by atoms with van der Waals surface area (Å²) in [4.78, 5) is 0. The van der Waals surface area contributed by atoms with Crippen molar-refractivity contribution in [2.24, 2.45) is 11.3 Å². The number of hydrogen-bond acceptors (Lipinski definition) is 8. The summed E-state index contributed by atoms with van der Waals surface area (Å²) in [6.45, 7) is 5.93. The molecule has 166 valence electrons. The quantitative estimate of drug-likeness (QED) is 0.402. The molecule has 0 amide bonds. The van der Waals surface area contributed by atoms with Crippen LogP contribution >= 0.6 is 0 Å². The summed E-state index contributed by atoms with van der Waals surface area (Å²) >= 11 is 0. The van der Waals surface area contributed by atoms with Gasteiger partial charge in [0.1, 0.15) is 24.4 Å². The van der Waals surface area contributed by atoms with Crippen LogP contribution in [-0.4, -0.2) is 86.8 Å². The molecule has 5 N–H and O–H groups in total. The predicted octanol–water partition coefficient (Wildman–Crippen LogP) is -0.152. The fraction of sp³-hybridized carbons (Fsp3) is 0.905. The maximum Gasteiger partial charge on any atom is 0.187 e. The topological polar surface area (TPSA) is 129 Å². The van der Waals surface area contributed by atoms with Gasteiger partial charge in [-0.2, -0.15) is 0 Å². The Morgan fingerprint density at radius 2 is 1.83 bits per heavy atom. The monoisotopic (exact) mass is 414 g/mol. The van der Waals surface area contributed by atoms with Crippen LogP contribution < -0.4 is 0 Å². The van der Waals surface area contributed by atoms with Gasteiger partial charge in [0.15, 0.2) is 6.29 Å². The van der Waals surface area contributed by atoms with Gasteiger partial charge in [0, 0.05) is 11.3 Å². The Morgan fingerprint density at radius 3 is 2.52 bits per heavy atom. The molecule has 9 atom stereocenters. The van der Waals surface area contributed by atoms with Crippen LogP contribution in [0.2, 0.25) is 0 Å². The molecule has 4 aliphatic rings. The minimum Gasteiger partial charge on any atom is -0.394 e. The molecule has 3 fully saturated rings. The molecule has 0 radical (unpaired) electrons. The lowest BCUT2D eigenvalue weighted by Crippen LogP contribution is -2.61. The second-order valence-electron chi connectivity index (χ2n) is 9.87. The average Bonchev–Trinajstić information content (AvgIpc) is 2.93. The van der Waals surface area contributed by atoms with Crippen molar-refractivity contribution < 1.29 is 39.7 Å². The zero-order valence-corrected chi connectivity index (χ0v) is 17.3. The maximum absolute atomic E-state index is 10.7. The third kappa shape index (κ3) is 3.29. The summed E-state index contributed by atoms with van der Waals surface area (Å²) < 4.78 is 17.8. The minimum atomic E-state index is -1.47. The van der Waals surface area contributed by atoms with E-state index in [1.807, 2.05) is 13.8 Å². The van der Waals surface area contributed by atoms with Crippen LogP contribution in [0.5, 0.6) is 0 Å². The first-order valence-electron chi connectivity index (χ1n) is 10.6. The van der Waals surface area contributed by atoms with E-state index in [0.717, 1.165) is 31.3 Å². The van der Waals surface area contributed by atoms with Gasteiger partial charge < -0.3 is 39.7 Å². The Hall–Kier alpha value is -0.580. The number of hydrogen-bond donors (Lipinski definition) is 5. The lowest BCUT2D eigenvalue weighted by atomic mass is 9.58. The lowest BCUT2D eigenvalue weighted by molar-refractivity contribution is -0.327. The molecule has 2 heterocycles. The second kappa shape index (κ2) is 7.24. The average molecular weight is 414 g/mol. The Bertz CT molecular complexity index is 663. The number of ether oxygens (including phenoxy) is 3. The Kier molecular flexibility index (Phi) is 5.40. The molecular weight excluding hydrogens is 380 g/mol. The van der Waals surface area contributed by atoms with E-state index in [2.05, 4.69) is 13.0 Å². The lowest BCUT2D eigenvalue weighted by Gasteiger charge is -2.49. The summed E-state index contributed by atoms with van der Waals surface area (Å²) in [7, 11) is 0. The molecule has 0 unspecified atom stereocenters. The Morgan fingerprint density at radius 1 is 1.10 bits per heavy atom. The van der Waals surface area contributed by atoms with Gasteiger partial charge in [-0.15, -0.1) is 0 Å². The van der Waals surface area contributed by atoms with Gasteiger partial charge in [0.05, 0.1) is 30.5 Å². The summed E-state index contributed by atoms with van der Waals surface area (Å²) in [5, 5.41) is 50.5. The standard InChI is InChI=1S/C21H34O8/c1-19(2,29-18-17(26)16(25)15(24)12(9-22)28-18)11-4-7-21-10-27-20(3,13(21)8-11)6-5-14(21)23/h8,11-12,14-18,22-26H,4-7,9-10H2,1-3H3/t11-,12-,14+,15-,16+,17-,18+,20-,21-/m1/s1. The van der Waals surface area contributed by atoms with Crippen molar-refractivity contribution in [1.29, 1.82) is 0 Å². The van der Waals surface area contributed by atoms with Gasteiger partial charge in [0.25, 0.3) is 0 Å². The summed E-state index contributed by atoms with van der Waals surface area (Å²) in [5.41, 5.74) is -0.286. The maximum atomic E-state index is 10.7. The highest BCUT2D eigenvalue weighted by Gasteiger charge is 2.60. The fourth-order valence-electron chi connectivity index (χ4n) is 5.65. The molecular formula is C21H34O8. The molecule has 2 saturated heterocycles. The van der Waals surface area contributed by atoms with Crippen LogP contribution in [0.25, 0.3) is 0 Å². The zero-order chi connectivity index (χ0) is 21.2. The smallest absolute Gasteiger partial charge is 0.187 e. The molecule has 8 heteroatoms. The molecule has 0 spiro atoms. The third-order valence-electron chi connectivity index (χ3n) is 7.72. The third-order valence-corrected chi connectivity index (χ3v) is 7.72. The summed E-state index contributed by atoms with van der Waals surface area (Å²) in [6, 6.07) is 0. The van der Waals surface area contributed by atoms with E-state index in [1.165, 1.54) is 0 Å². The summed E-state index contributed by atoms with van der Waals surface area (Å²) in [6.07, 6.45) is -1.62. The number of rotatable bonds is 4. The highest BCUT2D eigenvalue weighted by molar-refractivity contribution is 5.36. The van der Waals surface area contributed by atoms with Crippen LogP contribution in [0.3, 0.4) is 0 Å². The zero-order valence-electron chi connectivity index (χ0n) is 17.3. The van der Waals surface area contributed by atoms with Crippen LogP contribution in [-0.2, 0) is 14.2 Å². The first-order valence-corrected chi connectivity index (χ1v) is 10.6. The van der Waals surface area contributed by atoms with E-state index >= 15 is 0 Å². The number of aliphatic hydroxyl groups is 5. The van der Waals surface area contributed by atoms with Crippen LogP contribution in [0.1, 0.15) is 46.5 Å². The minimum absolute atomic E-state index is 0.00989. The molecule has 2 aliphatic carbocycles.